The largest absolute Gasteiger partial charge is 0.417 e. The number of hydrogen-bond donors (Lipinski definition) is 1. The van der Waals surface area contributed by atoms with Gasteiger partial charge < -0.3 is 10.0 Å². The third kappa shape index (κ3) is 4.11. The number of aliphatic hydroxyl groups is 1. The highest BCUT2D eigenvalue weighted by Gasteiger charge is 2.34. The van der Waals surface area contributed by atoms with Gasteiger partial charge in [0.05, 0.1) is 23.8 Å². The summed E-state index contributed by atoms with van der Waals surface area (Å²) in [6.45, 7) is 4.18. The molecule has 1 aromatic rings. The van der Waals surface area contributed by atoms with Crippen LogP contribution in [0.4, 0.5) is 18.9 Å². The number of nitrogens with zero attached hydrogens (tertiary/aromatic N) is 2. The van der Waals surface area contributed by atoms with Crippen LogP contribution >= 0.6 is 0 Å². The second kappa shape index (κ2) is 7.32. The third-order valence-electron chi connectivity index (χ3n) is 3.48. The smallest absolute Gasteiger partial charge is 0.395 e. The summed E-state index contributed by atoms with van der Waals surface area (Å²) < 4.78 is 38.4. The van der Waals surface area contributed by atoms with E-state index in [2.05, 4.69) is 0 Å². The van der Waals surface area contributed by atoms with E-state index in [0.29, 0.717) is 12.2 Å². The molecular formula is C15H19F3N2O. The van der Waals surface area contributed by atoms with Gasteiger partial charge in [0, 0.05) is 18.3 Å². The predicted octanol–water partition coefficient (Wildman–Crippen LogP) is 3.56. The second-order valence-electron chi connectivity index (χ2n) is 4.73. The normalized spacial score (nSPS) is 11.5. The number of rotatable bonds is 6. The summed E-state index contributed by atoms with van der Waals surface area (Å²) in [6, 6.07) is 5.25. The Morgan fingerprint density at radius 3 is 2.33 bits per heavy atom. The van der Waals surface area contributed by atoms with Gasteiger partial charge >= 0.3 is 6.18 Å². The fraction of sp³-hybridized carbons (Fsp3) is 0.533. The van der Waals surface area contributed by atoms with E-state index >= 15 is 0 Å². The Bertz CT molecular complexity index is 505. The zero-order valence-electron chi connectivity index (χ0n) is 12.1. The molecule has 116 valence electrons. The Hall–Kier alpha value is -1.74. The van der Waals surface area contributed by atoms with Gasteiger partial charge in [0.15, 0.2) is 0 Å². The molecule has 0 aliphatic carbocycles. The van der Waals surface area contributed by atoms with Crippen molar-refractivity contribution in [1.29, 1.82) is 5.26 Å². The van der Waals surface area contributed by atoms with Gasteiger partial charge in [-0.15, -0.1) is 0 Å². The van der Waals surface area contributed by atoms with Crippen LogP contribution in [0.5, 0.6) is 0 Å². The number of anilines is 1. The van der Waals surface area contributed by atoms with Gasteiger partial charge in [0.1, 0.15) is 0 Å². The zero-order valence-corrected chi connectivity index (χ0v) is 12.1. The maximum atomic E-state index is 12.8. The minimum absolute atomic E-state index is 0.0978. The van der Waals surface area contributed by atoms with Gasteiger partial charge in [-0.2, -0.15) is 18.4 Å². The van der Waals surface area contributed by atoms with Crippen molar-refractivity contribution in [2.75, 3.05) is 18.1 Å². The number of nitriles is 1. The van der Waals surface area contributed by atoms with Crippen molar-refractivity contribution < 1.29 is 18.3 Å². The van der Waals surface area contributed by atoms with Crippen molar-refractivity contribution >= 4 is 5.69 Å². The van der Waals surface area contributed by atoms with E-state index in [4.69, 9.17) is 10.4 Å². The molecule has 0 aliphatic rings. The molecule has 0 aromatic heterocycles. The molecule has 0 aliphatic heterocycles. The third-order valence-corrected chi connectivity index (χ3v) is 3.48. The predicted molar refractivity (Wildman–Crippen MR) is 75.0 cm³/mol. The lowest BCUT2D eigenvalue weighted by molar-refractivity contribution is -0.137. The van der Waals surface area contributed by atoms with Gasteiger partial charge in [-0.3, -0.25) is 0 Å². The van der Waals surface area contributed by atoms with E-state index in [9.17, 15) is 13.2 Å². The quantitative estimate of drug-likeness (QED) is 0.873. The van der Waals surface area contributed by atoms with Gasteiger partial charge in [0.2, 0.25) is 0 Å². The van der Waals surface area contributed by atoms with Crippen LogP contribution in [0.15, 0.2) is 18.2 Å². The molecular weight excluding hydrogens is 281 g/mol. The lowest BCUT2D eigenvalue weighted by Gasteiger charge is -2.32. The number of hydrogen-bond acceptors (Lipinski definition) is 3. The lowest BCUT2D eigenvalue weighted by Crippen LogP contribution is -2.36. The van der Waals surface area contributed by atoms with Crippen molar-refractivity contribution in [3.8, 4) is 6.07 Å². The second-order valence-corrected chi connectivity index (χ2v) is 4.73. The maximum Gasteiger partial charge on any atom is 0.417 e. The van der Waals surface area contributed by atoms with Crippen LogP contribution < -0.4 is 4.90 Å². The summed E-state index contributed by atoms with van der Waals surface area (Å²) in [5.74, 6) is 0. The van der Waals surface area contributed by atoms with E-state index in [1.165, 1.54) is 12.1 Å². The van der Waals surface area contributed by atoms with Crippen molar-refractivity contribution in [3.63, 3.8) is 0 Å². The summed E-state index contributed by atoms with van der Waals surface area (Å²) >= 11 is 0. The molecule has 0 unspecified atom stereocenters. The first-order valence-corrected chi connectivity index (χ1v) is 6.87. The molecule has 1 aromatic carbocycles. The monoisotopic (exact) mass is 300 g/mol. The number of benzene rings is 1. The molecule has 1 rings (SSSR count). The van der Waals surface area contributed by atoms with Gasteiger partial charge in [-0.1, -0.05) is 13.8 Å². The Kier molecular flexibility index (Phi) is 6.03. The van der Waals surface area contributed by atoms with Gasteiger partial charge in [0.25, 0.3) is 0 Å². The molecule has 3 nitrogen and oxygen atoms in total. The van der Waals surface area contributed by atoms with Crippen LogP contribution in [0.1, 0.15) is 37.8 Å². The maximum absolute atomic E-state index is 12.8. The first-order chi connectivity index (χ1) is 9.88. The SMILES string of the molecule is CCC(CC)N(CCO)c1ccc(C(F)(F)F)c(C#N)c1. The van der Waals surface area contributed by atoms with Crippen molar-refractivity contribution in [1.82, 2.24) is 0 Å². The fourth-order valence-electron chi connectivity index (χ4n) is 2.41. The summed E-state index contributed by atoms with van der Waals surface area (Å²) in [7, 11) is 0. The Balaban J connectivity index is 3.26. The van der Waals surface area contributed by atoms with Crippen LogP contribution in [0, 0.1) is 11.3 Å². The number of aliphatic hydroxyl groups excluding tert-OH is 1. The molecule has 1 N–H and O–H groups in total. The van der Waals surface area contributed by atoms with E-state index in [1.54, 1.807) is 6.07 Å². The van der Waals surface area contributed by atoms with E-state index in [-0.39, 0.29) is 12.6 Å². The minimum Gasteiger partial charge on any atom is -0.395 e. The van der Waals surface area contributed by atoms with Crippen LogP contribution in [-0.4, -0.2) is 24.3 Å². The topological polar surface area (TPSA) is 47.3 Å². The molecule has 0 saturated carbocycles. The van der Waals surface area contributed by atoms with E-state index in [0.717, 1.165) is 18.9 Å². The van der Waals surface area contributed by atoms with Crippen molar-refractivity contribution in [2.45, 2.75) is 38.9 Å². The first-order valence-electron chi connectivity index (χ1n) is 6.87. The summed E-state index contributed by atoms with van der Waals surface area (Å²) in [4.78, 5) is 1.85. The van der Waals surface area contributed by atoms with Gasteiger partial charge in [-0.25, -0.2) is 0 Å². The zero-order chi connectivity index (χ0) is 16.0. The molecule has 0 atom stereocenters. The average molecular weight is 300 g/mol. The highest BCUT2D eigenvalue weighted by Crippen LogP contribution is 2.34. The summed E-state index contributed by atoms with van der Waals surface area (Å²) in [5.41, 5.74) is -0.793. The van der Waals surface area contributed by atoms with Crippen molar-refractivity contribution in [2.24, 2.45) is 0 Å². The van der Waals surface area contributed by atoms with E-state index < -0.39 is 17.3 Å². The van der Waals surface area contributed by atoms with Crippen LogP contribution in [-0.2, 0) is 6.18 Å². The average Bonchev–Trinajstić information content (AvgIpc) is 2.46. The van der Waals surface area contributed by atoms with Crippen LogP contribution in [0.25, 0.3) is 0 Å². The molecule has 0 spiro atoms. The van der Waals surface area contributed by atoms with Crippen LogP contribution in [0.3, 0.4) is 0 Å². The molecule has 0 fully saturated rings. The first kappa shape index (κ1) is 17.3. The Morgan fingerprint density at radius 1 is 1.29 bits per heavy atom. The molecule has 6 heteroatoms. The fourth-order valence-corrected chi connectivity index (χ4v) is 2.41. The highest BCUT2D eigenvalue weighted by molar-refractivity contribution is 5.56. The molecule has 0 saturated heterocycles. The number of halogens is 3. The van der Waals surface area contributed by atoms with E-state index in [1.807, 2.05) is 18.7 Å². The standard InChI is InChI=1S/C15H19F3N2O/c1-3-12(4-2)20(7-8-21)13-5-6-14(15(16,17)18)11(9-13)10-19/h5-6,9,12,21H,3-4,7-8H2,1-2H3. The Morgan fingerprint density at radius 2 is 1.90 bits per heavy atom. The number of alkyl halides is 3. The van der Waals surface area contributed by atoms with Crippen molar-refractivity contribution in [3.05, 3.63) is 29.3 Å². The molecule has 0 heterocycles. The highest BCUT2D eigenvalue weighted by atomic mass is 19.4. The van der Waals surface area contributed by atoms with Gasteiger partial charge in [-0.05, 0) is 31.0 Å². The Labute approximate surface area is 122 Å². The summed E-state index contributed by atoms with van der Waals surface area (Å²) in [6.07, 6.45) is -2.93. The summed E-state index contributed by atoms with van der Waals surface area (Å²) in [5, 5.41) is 18.1. The molecule has 0 amide bonds. The molecule has 0 bridgehead atoms. The molecule has 21 heavy (non-hydrogen) atoms. The minimum atomic E-state index is -4.54. The lowest BCUT2D eigenvalue weighted by atomic mass is 10.0. The van der Waals surface area contributed by atoms with Crippen LogP contribution in [0.2, 0.25) is 0 Å². The molecule has 0 radical (unpaired) electrons.